The van der Waals surface area contributed by atoms with Gasteiger partial charge in [0.1, 0.15) is 18.1 Å². The molecule has 3 aromatic rings. The van der Waals surface area contributed by atoms with Crippen LogP contribution in [0.5, 0.6) is 5.75 Å². The third-order valence-corrected chi connectivity index (χ3v) is 5.06. The summed E-state index contributed by atoms with van der Waals surface area (Å²) in [7, 11) is 1.93. The maximum absolute atomic E-state index is 13.3. The van der Waals surface area contributed by atoms with Crippen LogP contribution in [0.4, 0.5) is 10.5 Å². The monoisotopic (exact) mass is 450 g/mol. The van der Waals surface area contributed by atoms with Crippen LogP contribution in [0.15, 0.2) is 78.1 Å². The second-order valence-corrected chi connectivity index (χ2v) is 7.50. The molecule has 0 aliphatic heterocycles. The predicted octanol–water partition coefficient (Wildman–Crippen LogP) is 4.27. The smallest absolute Gasteiger partial charge is 0.322 e. The zero-order valence-electron chi connectivity index (χ0n) is 19.1. The first kappa shape index (κ1) is 23.7. The van der Waals surface area contributed by atoms with E-state index in [1.54, 1.807) is 47.6 Å². The Morgan fingerprint density at radius 2 is 1.91 bits per heavy atom. The number of ether oxygens (including phenoxy) is 1. The molecule has 0 spiro atoms. The van der Waals surface area contributed by atoms with Gasteiger partial charge in [-0.25, -0.2) is 4.79 Å². The molecule has 0 aliphatic rings. The van der Waals surface area contributed by atoms with Gasteiger partial charge in [-0.3, -0.25) is 4.79 Å². The van der Waals surface area contributed by atoms with E-state index in [-0.39, 0.29) is 25.0 Å². The molecule has 174 valence electrons. The number of rotatable bonds is 11. The molecule has 0 saturated carbocycles. The lowest BCUT2D eigenvalue weighted by Crippen LogP contribution is -2.44. The molecule has 3 rings (SSSR count). The van der Waals surface area contributed by atoms with Crippen molar-refractivity contribution in [2.45, 2.75) is 20.0 Å². The Balaban J connectivity index is 1.70. The van der Waals surface area contributed by atoms with Crippen molar-refractivity contribution >= 4 is 17.6 Å². The van der Waals surface area contributed by atoms with Gasteiger partial charge in [0.25, 0.3) is 0 Å². The summed E-state index contributed by atoms with van der Waals surface area (Å²) in [5, 5.41) is 2.83. The van der Waals surface area contributed by atoms with Crippen molar-refractivity contribution in [2.75, 3.05) is 25.0 Å². The number of amides is 3. The van der Waals surface area contributed by atoms with Gasteiger partial charge in [-0.2, -0.15) is 0 Å². The lowest BCUT2D eigenvalue weighted by atomic mass is 10.3. The van der Waals surface area contributed by atoms with Gasteiger partial charge >= 0.3 is 6.03 Å². The van der Waals surface area contributed by atoms with Crippen LogP contribution in [0.2, 0.25) is 0 Å². The van der Waals surface area contributed by atoms with Crippen LogP contribution >= 0.6 is 0 Å². The number of furan rings is 1. The van der Waals surface area contributed by atoms with Crippen LogP contribution in [-0.2, 0) is 24.9 Å². The van der Waals surface area contributed by atoms with Crippen molar-refractivity contribution in [1.29, 1.82) is 0 Å². The number of hydrogen-bond donors (Lipinski definition) is 1. The van der Waals surface area contributed by atoms with E-state index < -0.39 is 0 Å². The van der Waals surface area contributed by atoms with E-state index in [0.717, 1.165) is 11.4 Å². The number of aryl methyl sites for hydroxylation is 1. The van der Waals surface area contributed by atoms with E-state index in [1.165, 1.54) is 4.90 Å². The number of nitrogens with zero attached hydrogens (tertiary/aromatic N) is 3. The largest absolute Gasteiger partial charge is 0.494 e. The minimum Gasteiger partial charge on any atom is -0.494 e. The Morgan fingerprint density at radius 3 is 2.52 bits per heavy atom. The molecule has 0 atom stereocenters. The minimum absolute atomic E-state index is 0.0972. The number of hydrogen-bond acceptors (Lipinski definition) is 4. The zero-order chi connectivity index (χ0) is 23.6. The number of carbonyl (C=O) groups is 2. The fourth-order valence-corrected chi connectivity index (χ4v) is 3.32. The number of nitrogens with one attached hydrogen (secondary N) is 1. The highest BCUT2D eigenvalue weighted by molar-refractivity contribution is 5.92. The maximum Gasteiger partial charge on any atom is 0.322 e. The number of benzene rings is 1. The summed E-state index contributed by atoms with van der Waals surface area (Å²) >= 11 is 0. The molecule has 0 fully saturated rings. The highest BCUT2D eigenvalue weighted by Gasteiger charge is 2.22. The van der Waals surface area contributed by atoms with Gasteiger partial charge < -0.3 is 28.8 Å². The van der Waals surface area contributed by atoms with E-state index in [9.17, 15) is 9.59 Å². The second-order valence-electron chi connectivity index (χ2n) is 7.50. The van der Waals surface area contributed by atoms with Crippen molar-refractivity contribution in [2.24, 2.45) is 7.05 Å². The standard InChI is InChI=1S/C25H30N4O4/c1-4-14-28(25(31)26-20-10-12-22(13-11-20)32-5-2)19-24(30)29(18-23-9-7-16-33-23)17-21-8-6-15-27(21)3/h4,6-13,15-16H,1,5,14,17-19H2,2-3H3,(H,26,31). The molecule has 3 amide bonds. The molecule has 0 aliphatic carbocycles. The Bertz CT molecular complexity index is 1040. The van der Waals surface area contributed by atoms with Crippen LogP contribution in [0, 0.1) is 0 Å². The molecule has 0 radical (unpaired) electrons. The van der Waals surface area contributed by atoms with E-state index >= 15 is 0 Å². The predicted molar refractivity (Wildman–Crippen MR) is 127 cm³/mol. The lowest BCUT2D eigenvalue weighted by molar-refractivity contribution is -0.133. The van der Waals surface area contributed by atoms with Crippen molar-refractivity contribution in [1.82, 2.24) is 14.4 Å². The average Bonchev–Trinajstić information content (AvgIpc) is 3.46. The summed E-state index contributed by atoms with van der Waals surface area (Å²) in [5.74, 6) is 1.20. The van der Waals surface area contributed by atoms with Crippen LogP contribution in [0.25, 0.3) is 0 Å². The van der Waals surface area contributed by atoms with Crippen LogP contribution in [-0.4, -0.2) is 46.0 Å². The average molecular weight is 451 g/mol. The van der Waals surface area contributed by atoms with Crippen LogP contribution in [0.3, 0.4) is 0 Å². The molecular weight excluding hydrogens is 420 g/mol. The number of urea groups is 1. The molecule has 8 heteroatoms. The highest BCUT2D eigenvalue weighted by atomic mass is 16.5. The second kappa shape index (κ2) is 11.6. The SMILES string of the molecule is C=CCN(CC(=O)N(Cc1ccco1)Cc1cccn1C)C(=O)Nc1ccc(OCC)cc1. The summed E-state index contributed by atoms with van der Waals surface area (Å²) in [6.07, 6.45) is 5.10. The van der Waals surface area contributed by atoms with E-state index in [2.05, 4.69) is 11.9 Å². The summed E-state index contributed by atoms with van der Waals surface area (Å²) in [5.41, 5.74) is 1.59. The first-order valence-electron chi connectivity index (χ1n) is 10.8. The maximum atomic E-state index is 13.3. The van der Waals surface area contributed by atoms with Crippen molar-refractivity contribution < 1.29 is 18.7 Å². The summed E-state index contributed by atoms with van der Waals surface area (Å²) in [6, 6.07) is 14.2. The van der Waals surface area contributed by atoms with E-state index in [4.69, 9.17) is 9.15 Å². The topological polar surface area (TPSA) is 80.0 Å². The Kier molecular flexibility index (Phi) is 8.35. The fourth-order valence-electron chi connectivity index (χ4n) is 3.32. The quantitative estimate of drug-likeness (QED) is 0.443. The van der Waals surface area contributed by atoms with Crippen LogP contribution < -0.4 is 10.1 Å². The van der Waals surface area contributed by atoms with Crippen LogP contribution in [0.1, 0.15) is 18.4 Å². The molecular formula is C25H30N4O4. The minimum atomic E-state index is -0.385. The molecule has 0 unspecified atom stereocenters. The van der Waals surface area contributed by atoms with Gasteiger partial charge in [-0.05, 0) is 55.5 Å². The summed E-state index contributed by atoms with van der Waals surface area (Å²) in [6.45, 7) is 7.03. The Morgan fingerprint density at radius 1 is 1.12 bits per heavy atom. The van der Waals surface area contributed by atoms with Gasteiger partial charge in [0.15, 0.2) is 0 Å². The number of carbonyl (C=O) groups excluding carboxylic acids is 2. The molecule has 1 aromatic carbocycles. The first-order chi connectivity index (χ1) is 16.0. The van der Waals surface area contributed by atoms with E-state index in [1.807, 2.05) is 42.9 Å². The molecule has 1 N–H and O–H groups in total. The van der Waals surface area contributed by atoms with Crippen molar-refractivity contribution in [3.63, 3.8) is 0 Å². The zero-order valence-corrected chi connectivity index (χ0v) is 19.1. The normalized spacial score (nSPS) is 10.5. The molecule has 2 aromatic heterocycles. The van der Waals surface area contributed by atoms with Crippen molar-refractivity contribution in [3.8, 4) is 5.75 Å². The van der Waals surface area contributed by atoms with Gasteiger partial charge in [0.05, 0.1) is 26.0 Å². The van der Waals surface area contributed by atoms with Gasteiger partial charge in [-0.15, -0.1) is 6.58 Å². The molecule has 33 heavy (non-hydrogen) atoms. The molecule has 8 nitrogen and oxygen atoms in total. The van der Waals surface area contributed by atoms with Gasteiger partial charge in [0, 0.05) is 31.2 Å². The number of aromatic nitrogens is 1. The molecule has 0 saturated heterocycles. The van der Waals surface area contributed by atoms with E-state index in [0.29, 0.717) is 31.1 Å². The fraction of sp³-hybridized carbons (Fsp3) is 0.280. The number of anilines is 1. The molecule has 2 heterocycles. The Hall–Kier alpha value is -3.94. The Labute approximate surface area is 194 Å². The molecule has 0 bridgehead atoms. The first-order valence-corrected chi connectivity index (χ1v) is 10.8. The van der Waals surface area contributed by atoms with Gasteiger partial charge in [-0.1, -0.05) is 6.08 Å². The lowest BCUT2D eigenvalue weighted by Gasteiger charge is -2.27. The highest BCUT2D eigenvalue weighted by Crippen LogP contribution is 2.17. The van der Waals surface area contributed by atoms with Gasteiger partial charge in [0.2, 0.25) is 5.91 Å². The summed E-state index contributed by atoms with van der Waals surface area (Å²) < 4.78 is 12.8. The third kappa shape index (κ3) is 6.77. The third-order valence-electron chi connectivity index (χ3n) is 5.06. The summed E-state index contributed by atoms with van der Waals surface area (Å²) in [4.78, 5) is 29.3. The van der Waals surface area contributed by atoms with Crippen molar-refractivity contribution in [3.05, 3.63) is 85.1 Å².